The lowest BCUT2D eigenvalue weighted by Crippen LogP contribution is -2.20. The first-order valence-corrected chi connectivity index (χ1v) is 11.9. The van der Waals surface area contributed by atoms with Crippen LogP contribution in [-0.4, -0.2) is 8.80 Å². The highest BCUT2D eigenvalue weighted by Gasteiger charge is 2.22. The maximum Gasteiger partial charge on any atom is 0.0406 e. The van der Waals surface area contributed by atoms with Crippen LogP contribution in [0.4, 0.5) is 0 Å². The summed E-state index contributed by atoms with van der Waals surface area (Å²) in [5, 5.41) is 0.866. The van der Waals surface area contributed by atoms with E-state index in [0.717, 1.165) is 10.9 Å². The topological polar surface area (TPSA) is 0 Å². The van der Waals surface area contributed by atoms with Gasteiger partial charge in [-0.15, -0.1) is 0 Å². The van der Waals surface area contributed by atoms with E-state index in [2.05, 4.69) is 31.2 Å². The van der Waals surface area contributed by atoms with Crippen LogP contribution in [0.5, 0.6) is 0 Å². The van der Waals surface area contributed by atoms with E-state index < -0.39 is 0 Å². The summed E-state index contributed by atoms with van der Waals surface area (Å²) in [4.78, 5) is 0. The molecule has 1 saturated heterocycles. The molecule has 0 aromatic heterocycles. The highest BCUT2D eigenvalue weighted by Crippen LogP contribution is 2.35. The quantitative estimate of drug-likeness (QED) is 0.364. The largest absolute Gasteiger partial charge is 0.0843 e. The molecule has 0 nitrogen and oxygen atoms in total. The van der Waals surface area contributed by atoms with Crippen molar-refractivity contribution >= 4 is 20.4 Å². The minimum absolute atomic E-state index is 0.383. The molecule has 0 unspecified atom stereocenters. The van der Waals surface area contributed by atoms with Gasteiger partial charge in [-0.3, -0.25) is 0 Å². The van der Waals surface area contributed by atoms with Gasteiger partial charge in [0.15, 0.2) is 0 Å². The molecule has 0 aliphatic carbocycles. The minimum Gasteiger partial charge on any atom is -0.0843 e. The molecule has 0 spiro atoms. The lowest BCUT2D eigenvalue weighted by atomic mass is 9.94. The minimum atomic E-state index is -0.383. The van der Waals surface area contributed by atoms with Crippen LogP contribution >= 0.6 is 11.6 Å². The first-order valence-electron chi connectivity index (χ1n) is 9.05. The molecular formula is C19H31ClSi. The summed E-state index contributed by atoms with van der Waals surface area (Å²) in [6.45, 7) is 2.30. The first kappa shape index (κ1) is 17.1. The summed E-state index contributed by atoms with van der Waals surface area (Å²) in [5.41, 5.74) is 1.52. The molecule has 118 valence electrons. The Morgan fingerprint density at radius 1 is 0.952 bits per heavy atom. The van der Waals surface area contributed by atoms with Crippen molar-refractivity contribution in [1.82, 2.24) is 0 Å². The van der Waals surface area contributed by atoms with Crippen LogP contribution in [-0.2, 0) is 0 Å². The Kier molecular flexibility index (Phi) is 7.88. The summed E-state index contributed by atoms with van der Waals surface area (Å²) in [5.74, 6) is 0.815. The number of hydrogen-bond acceptors (Lipinski definition) is 0. The molecule has 2 heteroatoms. The van der Waals surface area contributed by atoms with E-state index in [1.807, 2.05) is 0 Å². The van der Waals surface area contributed by atoms with Crippen molar-refractivity contribution in [3.8, 4) is 0 Å². The van der Waals surface area contributed by atoms with Gasteiger partial charge >= 0.3 is 0 Å². The second kappa shape index (κ2) is 9.68. The van der Waals surface area contributed by atoms with E-state index in [4.69, 9.17) is 11.6 Å². The standard InChI is InChI=1S/C19H31ClSi/c1-2-3-4-5-6-7-14-21-15-12-18(13-16-21)17-8-10-19(20)11-9-17/h8-11,18,21H,2-7,12-16H2,1H3/t18-,21-. The molecule has 0 saturated carbocycles. The zero-order chi connectivity index (χ0) is 14.9. The van der Waals surface area contributed by atoms with Crippen LogP contribution in [0.15, 0.2) is 24.3 Å². The zero-order valence-corrected chi connectivity index (χ0v) is 15.5. The molecule has 1 aromatic carbocycles. The Labute approximate surface area is 137 Å². The second-order valence-electron chi connectivity index (χ2n) is 6.83. The van der Waals surface area contributed by atoms with Gasteiger partial charge in [-0.2, -0.15) is 0 Å². The van der Waals surface area contributed by atoms with Gasteiger partial charge in [0.1, 0.15) is 0 Å². The Hall–Kier alpha value is -0.273. The van der Waals surface area contributed by atoms with Crippen molar-refractivity contribution in [3.63, 3.8) is 0 Å². The first-order chi connectivity index (χ1) is 10.3. The van der Waals surface area contributed by atoms with Gasteiger partial charge in [0.05, 0.1) is 0 Å². The number of rotatable bonds is 8. The Balaban J connectivity index is 1.61. The summed E-state index contributed by atoms with van der Waals surface area (Å²) < 4.78 is 0. The van der Waals surface area contributed by atoms with E-state index in [-0.39, 0.29) is 8.80 Å². The van der Waals surface area contributed by atoms with Gasteiger partial charge in [-0.1, -0.05) is 87.3 Å². The average molecular weight is 323 g/mol. The Morgan fingerprint density at radius 2 is 1.57 bits per heavy atom. The van der Waals surface area contributed by atoms with E-state index in [0.29, 0.717) is 0 Å². The molecule has 21 heavy (non-hydrogen) atoms. The fourth-order valence-electron chi connectivity index (χ4n) is 3.73. The highest BCUT2D eigenvalue weighted by molar-refractivity contribution is 6.59. The van der Waals surface area contributed by atoms with Gasteiger partial charge < -0.3 is 0 Å². The molecule has 0 amide bonds. The van der Waals surface area contributed by atoms with Crippen LogP contribution in [0.3, 0.4) is 0 Å². The Bertz CT molecular complexity index is 379. The van der Waals surface area contributed by atoms with Gasteiger partial charge in [-0.25, -0.2) is 0 Å². The molecule has 0 bridgehead atoms. The van der Waals surface area contributed by atoms with E-state index >= 15 is 0 Å². The fraction of sp³-hybridized carbons (Fsp3) is 0.684. The van der Waals surface area contributed by atoms with Gasteiger partial charge in [0.2, 0.25) is 0 Å². The normalized spacial score (nSPS) is 22.4. The van der Waals surface area contributed by atoms with Crippen LogP contribution < -0.4 is 0 Å². The second-order valence-corrected chi connectivity index (χ2v) is 10.7. The molecule has 1 heterocycles. The molecule has 0 N–H and O–H groups in total. The zero-order valence-electron chi connectivity index (χ0n) is 13.6. The SMILES string of the molecule is CCCCCCCC[Si@H]1CC[C@H](c2ccc(Cl)cc2)CC1. The molecule has 2 rings (SSSR count). The fourth-order valence-corrected chi connectivity index (χ4v) is 7.34. The lowest BCUT2D eigenvalue weighted by molar-refractivity contribution is 0.596. The lowest BCUT2D eigenvalue weighted by Gasteiger charge is -2.28. The van der Waals surface area contributed by atoms with E-state index in [9.17, 15) is 0 Å². The van der Waals surface area contributed by atoms with Crippen molar-refractivity contribution in [1.29, 1.82) is 0 Å². The van der Waals surface area contributed by atoms with Gasteiger partial charge in [-0.05, 0) is 36.5 Å². The summed E-state index contributed by atoms with van der Waals surface area (Å²) in [6, 6.07) is 13.3. The number of hydrogen-bond donors (Lipinski definition) is 0. The van der Waals surface area contributed by atoms with Crippen molar-refractivity contribution < 1.29 is 0 Å². The van der Waals surface area contributed by atoms with Gasteiger partial charge in [0.25, 0.3) is 0 Å². The van der Waals surface area contributed by atoms with E-state index in [1.165, 1.54) is 56.9 Å². The predicted molar refractivity (Wildman–Crippen MR) is 98.4 cm³/mol. The van der Waals surface area contributed by atoms with Crippen LogP contribution in [0.2, 0.25) is 23.2 Å². The maximum absolute atomic E-state index is 5.98. The van der Waals surface area contributed by atoms with Crippen molar-refractivity contribution in [2.24, 2.45) is 0 Å². The average Bonchev–Trinajstić information content (AvgIpc) is 2.52. The maximum atomic E-state index is 5.98. The van der Waals surface area contributed by atoms with Gasteiger partial charge in [0, 0.05) is 13.8 Å². The number of halogens is 1. The molecule has 0 radical (unpaired) electrons. The third kappa shape index (κ3) is 6.16. The van der Waals surface area contributed by atoms with Crippen LogP contribution in [0, 0.1) is 0 Å². The molecule has 1 fully saturated rings. The van der Waals surface area contributed by atoms with Crippen LogP contribution in [0.25, 0.3) is 0 Å². The number of benzene rings is 1. The monoisotopic (exact) mass is 322 g/mol. The van der Waals surface area contributed by atoms with Crippen LogP contribution in [0.1, 0.15) is 69.8 Å². The summed E-state index contributed by atoms with van der Waals surface area (Å²) in [7, 11) is -0.383. The van der Waals surface area contributed by atoms with Crippen molar-refractivity contribution in [2.45, 2.75) is 82.3 Å². The number of unbranched alkanes of at least 4 members (excludes halogenated alkanes) is 5. The highest BCUT2D eigenvalue weighted by atomic mass is 35.5. The summed E-state index contributed by atoms with van der Waals surface area (Å²) >= 11 is 5.98. The van der Waals surface area contributed by atoms with Crippen molar-refractivity contribution in [2.75, 3.05) is 0 Å². The molecule has 1 aliphatic heterocycles. The third-order valence-electron chi connectivity index (χ3n) is 5.15. The Morgan fingerprint density at radius 3 is 2.24 bits per heavy atom. The summed E-state index contributed by atoms with van der Waals surface area (Å²) in [6.07, 6.45) is 11.6. The molecule has 1 aliphatic rings. The third-order valence-corrected chi connectivity index (χ3v) is 8.93. The molecule has 0 atom stereocenters. The smallest absolute Gasteiger partial charge is 0.0406 e. The molecule has 1 aromatic rings. The molecular weight excluding hydrogens is 292 g/mol. The van der Waals surface area contributed by atoms with Crippen molar-refractivity contribution in [3.05, 3.63) is 34.9 Å². The predicted octanol–water partition coefficient (Wildman–Crippen LogP) is 6.81. The van der Waals surface area contributed by atoms with E-state index in [1.54, 1.807) is 18.1 Å².